The summed E-state index contributed by atoms with van der Waals surface area (Å²) in [5.74, 6) is 0. The van der Waals surface area contributed by atoms with Crippen LogP contribution in [0.4, 0.5) is 0 Å². The quantitative estimate of drug-likeness (QED) is 0.251. The molecular formula is C28H40O2Si. The van der Waals surface area contributed by atoms with E-state index in [2.05, 4.69) is 94.6 Å². The zero-order valence-electron chi connectivity index (χ0n) is 19.8. The molecular weight excluding hydrogens is 396 g/mol. The standard InChI is InChI=1S/C28H40O2Si/c1-7-16-24(17-14-15-22-27(29)23(2)3)30-31(28(4,5)6,25-18-10-8-11-19-25)26-20-12-9-13-21-26/h7-13,18-21,24,27,29H,1-2,14-17,22H2,3-6H3. The van der Waals surface area contributed by atoms with E-state index >= 15 is 0 Å². The average Bonchev–Trinajstić information content (AvgIpc) is 2.75. The Morgan fingerprint density at radius 2 is 1.45 bits per heavy atom. The molecule has 0 saturated carbocycles. The van der Waals surface area contributed by atoms with Crippen molar-refractivity contribution in [3.63, 3.8) is 0 Å². The van der Waals surface area contributed by atoms with Crippen LogP contribution in [-0.4, -0.2) is 25.6 Å². The summed E-state index contributed by atoms with van der Waals surface area (Å²) in [7, 11) is -2.56. The fraction of sp³-hybridized carbons (Fsp3) is 0.429. The highest BCUT2D eigenvalue weighted by atomic mass is 28.4. The fourth-order valence-corrected chi connectivity index (χ4v) is 9.04. The van der Waals surface area contributed by atoms with Crippen LogP contribution in [0.1, 0.15) is 59.8 Å². The van der Waals surface area contributed by atoms with E-state index in [-0.39, 0.29) is 11.1 Å². The van der Waals surface area contributed by atoms with Crippen molar-refractivity contribution in [3.8, 4) is 0 Å². The van der Waals surface area contributed by atoms with Crippen molar-refractivity contribution in [3.05, 3.63) is 85.5 Å². The summed E-state index contributed by atoms with van der Waals surface area (Å²) in [6.07, 6.45) is 6.20. The van der Waals surface area contributed by atoms with Crippen LogP contribution in [0.5, 0.6) is 0 Å². The second kappa shape index (κ2) is 11.6. The molecule has 2 nitrogen and oxygen atoms in total. The summed E-state index contributed by atoms with van der Waals surface area (Å²) in [6.45, 7) is 16.7. The van der Waals surface area contributed by atoms with Crippen LogP contribution in [0.2, 0.25) is 5.04 Å². The molecule has 1 N–H and O–H groups in total. The van der Waals surface area contributed by atoms with Crippen molar-refractivity contribution < 1.29 is 9.53 Å². The van der Waals surface area contributed by atoms with Gasteiger partial charge < -0.3 is 9.53 Å². The lowest BCUT2D eigenvalue weighted by atomic mass is 10.0. The zero-order chi connectivity index (χ0) is 22.9. The van der Waals surface area contributed by atoms with Gasteiger partial charge in [0.05, 0.1) is 6.10 Å². The Balaban J connectivity index is 2.36. The minimum Gasteiger partial charge on any atom is -0.404 e. The van der Waals surface area contributed by atoms with E-state index in [1.807, 2.05) is 13.0 Å². The van der Waals surface area contributed by atoms with Gasteiger partial charge in [-0.15, -0.1) is 6.58 Å². The predicted molar refractivity (Wildman–Crippen MR) is 137 cm³/mol. The van der Waals surface area contributed by atoms with Crippen LogP contribution in [0.3, 0.4) is 0 Å². The molecule has 3 heteroatoms. The van der Waals surface area contributed by atoms with Gasteiger partial charge in [-0.25, -0.2) is 0 Å². The maximum atomic E-state index is 10.0. The Labute approximate surface area is 190 Å². The molecule has 0 heterocycles. The van der Waals surface area contributed by atoms with Gasteiger partial charge in [0.25, 0.3) is 8.32 Å². The molecule has 0 aliphatic heterocycles. The number of benzene rings is 2. The summed E-state index contributed by atoms with van der Waals surface area (Å²) in [6, 6.07) is 21.6. The molecule has 0 aromatic heterocycles. The number of aliphatic hydroxyl groups is 1. The Hall–Kier alpha value is -1.94. The van der Waals surface area contributed by atoms with Gasteiger partial charge in [0, 0.05) is 6.10 Å². The van der Waals surface area contributed by atoms with E-state index in [9.17, 15) is 5.11 Å². The number of aliphatic hydroxyl groups excluding tert-OH is 1. The lowest BCUT2D eigenvalue weighted by Crippen LogP contribution is -2.67. The van der Waals surface area contributed by atoms with Gasteiger partial charge in [0.2, 0.25) is 0 Å². The summed E-state index contributed by atoms with van der Waals surface area (Å²) in [5.41, 5.74) is 0.839. The molecule has 168 valence electrons. The van der Waals surface area contributed by atoms with Crippen molar-refractivity contribution in [2.75, 3.05) is 0 Å². The number of unbranched alkanes of at least 4 members (excludes halogenated alkanes) is 1. The highest BCUT2D eigenvalue weighted by Gasteiger charge is 2.51. The van der Waals surface area contributed by atoms with Crippen LogP contribution in [-0.2, 0) is 4.43 Å². The van der Waals surface area contributed by atoms with Crippen LogP contribution in [0.15, 0.2) is 85.5 Å². The highest BCUT2D eigenvalue weighted by Crippen LogP contribution is 2.38. The minimum absolute atomic E-state index is 0.0364. The summed E-state index contributed by atoms with van der Waals surface area (Å²) >= 11 is 0. The topological polar surface area (TPSA) is 29.5 Å². The summed E-state index contributed by atoms with van der Waals surface area (Å²) in [5, 5.41) is 12.6. The normalized spacial score (nSPS) is 14.1. The molecule has 0 fully saturated rings. The molecule has 0 aliphatic rings. The van der Waals surface area contributed by atoms with Crippen LogP contribution < -0.4 is 10.4 Å². The monoisotopic (exact) mass is 436 g/mol. The van der Waals surface area contributed by atoms with Gasteiger partial charge in [-0.3, -0.25) is 0 Å². The van der Waals surface area contributed by atoms with E-state index in [0.29, 0.717) is 0 Å². The maximum absolute atomic E-state index is 10.0. The highest BCUT2D eigenvalue weighted by molar-refractivity contribution is 6.99. The number of rotatable bonds is 12. The molecule has 31 heavy (non-hydrogen) atoms. The molecule has 0 saturated heterocycles. The average molecular weight is 437 g/mol. The number of hydrogen-bond donors (Lipinski definition) is 1. The third-order valence-corrected chi connectivity index (χ3v) is 11.1. The first kappa shape index (κ1) is 25.3. The largest absolute Gasteiger partial charge is 0.404 e. The van der Waals surface area contributed by atoms with E-state index in [1.165, 1.54) is 10.4 Å². The van der Waals surface area contributed by atoms with Crippen molar-refractivity contribution in [1.82, 2.24) is 0 Å². The van der Waals surface area contributed by atoms with E-state index < -0.39 is 14.4 Å². The van der Waals surface area contributed by atoms with Crippen LogP contribution in [0.25, 0.3) is 0 Å². The smallest absolute Gasteiger partial charge is 0.261 e. The zero-order valence-corrected chi connectivity index (χ0v) is 20.8. The lowest BCUT2D eigenvalue weighted by Gasteiger charge is -2.45. The Morgan fingerprint density at radius 3 is 1.87 bits per heavy atom. The fourth-order valence-electron chi connectivity index (χ4n) is 4.31. The predicted octanol–water partition coefficient (Wildman–Crippen LogP) is 6.01. The molecule has 0 amide bonds. The van der Waals surface area contributed by atoms with Crippen molar-refractivity contribution in [1.29, 1.82) is 0 Å². The molecule has 2 aromatic carbocycles. The van der Waals surface area contributed by atoms with Crippen molar-refractivity contribution in [2.24, 2.45) is 0 Å². The van der Waals surface area contributed by atoms with Gasteiger partial charge >= 0.3 is 0 Å². The molecule has 0 bridgehead atoms. The third-order valence-electron chi connectivity index (χ3n) is 6.01. The molecule has 0 radical (unpaired) electrons. The van der Waals surface area contributed by atoms with Gasteiger partial charge in [-0.1, -0.05) is 113 Å². The number of hydrogen-bond acceptors (Lipinski definition) is 2. The second-order valence-electron chi connectivity index (χ2n) is 9.57. The van der Waals surface area contributed by atoms with Gasteiger partial charge in [-0.05, 0) is 41.6 Å². The first-order valence-electron chi connectivity index (χ1n) is 11.5. The van der Waals surface area contributed by atoms with Gasteiger partial charge in [-0.2, -0.15) is 0 Å². The Morgan fingerprint density at radius 1 is 0.968 bits per heavy atom. The first-order chi connectivity index (χ1) is 14.7. The van der Waals surface area contributed by atoms with Crippen LogP contribution >= 0.6 is 0 Å². The summed E-state index contributed by atoms with van der Waals surface area (Å²) < 4.78 is 7.26. The molecule has 0 aliphatic carbocycles. The first-order valence-corrected chi connectivity index (χ1v) is 13.4. The van der Waals surface area contributed by atoms with Crippen molar-refractivity contribution in [2.45, 2.75) is 77.0 Å². The Bertz CT molecular complexity index is 768. The van der Waals surface area contributed by atoms with Crippen LogP contribution in [0, 0.1) is 0 Å². The molecule has 0 spiro atoms. The van der Waals surface area contributed by atoms with E-state index in [0.717, 1.165) is 37.7 Å². The maximum Gasteiger partial charge on any atom is 0.261 e. The SMILES string of the molecule is C=CCC(CCCCC(O)C(=C)C)O[Si](c1ccccc1)(c1ccccc1)C(C)(C)C. The molecule has 2 rings (SSSR count). The lowest BCUT2D eigenvalue weighted by molar-refractivity contribution is 0.167. The Kier molecular flexibility index (Phi) is 9.48. The second-order valence-corrected chi connectivity index (χ2v) is 13.8. The van der Waals surface area contributed by atoms with E-state index in [1.54, 1.807) is 0 Å². The molecule has 2 unspecified atom stereocenters. The van der Waals surface area contributed by atoms with Crippen molar-refractivity contribution >= 4 is 18.7 Å². The molecule has 2 aromatic rings. The summed E-state index contributed by atoms with van der Waals surface area (Å²) in [4.78, 5) is 0. The van der Waals surface area contributed by atoms with E-state index in [4.69, 9.17) is 4.43 Å². The minimum atomic E-state index is -2.56. The van der Waals surface area contributed by atoms with Gasteiger partial charge in [0.15, 0.2) is 0 Å². The third kappa shape index (κ3) is 6.52. The van der Waals surface area contributed by atoms with Gasteiger partial charge in [0.1, 0.15) is 0 Å². The molecule has 2 atom stereocenters.